The van der Waals surface area contributed by atoms with Crippen LogP contribution < -0.4 is 0 Å². The average molecular weight is 224 g/mol. The molecule has 0 aromatic rings. The van der Waals surface area contributed by atoms with Gasteiger partial charge < -0.3 is 4.89 Å². The van der Waals surface area contributed by atoms with Gasteiger partial charge in [-0.3, -0.25) is 0 Å². The molecule has 0 heterocycles. The molecular formula is C13H20O3. The van der Waals surface area contributed by atoms with E-state index in [1.165, 1.54) is 11.1 Å². The monoisotopic (exact) mass is 224 g/mol. The predicted octanol–water partition coefficient (Wildman–Crippen LogP) is 3.48. The van der Waals surface area contributed by atoms with Crippen molar-refractivity contribution in [2.24, 2.45) is 5.92 Å². The van der Waals surface area contributed by atoms with Gasteiger partial charge in [-0.15, -0.1) is 0 Å². The van der Waals surface area contributed by atoms with Crippen LogP contribution in [0.15, 0.2) is 23.3 Å². The van der Waals surface area contributed by atoms with Crippen LogP contribution in [0.25, 0.3) is 0 Å². The number of allylic oxidation sites excluding steroid dienone is 4. The first kappa shape index (κ1) is 13.0. The fourth-order valence-corrected chi connectivity index (χ4v) is 1.95. The van der Waals surface area contributed by atoms with Crippen LogP contribution >= 0.6 is 0 Å². The molecule has 0 amide bonds. The Morgan fingerprint density at radius 3 is 2.88 bits per heavy atom. The minimum Gasteiger partial charge on any atom is -0.301 e. The van der Waals surface area contributed by atoms with E-state index in [-0.39, 0.29) is 5.92 Å². The largest absolute Gasteiger partial charge is 0.345 e. The lowest BCUT2D eigenvalue weighted by Crippen LogP contribution is -2.18. The molecule has 3 heteroatoms. The molecule has 0 aromatic carbocycles. The third-order valence-electron chi connectivity index (χ3n) is 2.95. The molecule has 1 unspecified atom stereocenters. The zero-order chi connectivity index (χ0) is 12.0. The van der Waals surface area contributed by atoms with Gasteiger partial charge in [-0.2, -0.15) is 5.26 Å². The van der Waals surface area contributed by atoms with E-state index in [1.54, 1.807) is 0 Å². The molecule has 0 saturated heterocycles. The van der Waals surface area contributed by atoms with Crippen molar-refractivity contribution in [3.8, 4) is 0 Å². The van der Waals surface area contributed by atoms with Crippen molar-refractivity contribution in [1.29, 1.82) is 0 Å². The Labute approximate surface area is 96.7 Å². The van der Waals surface area contributed by atoms with Crippen molar-refractivity contribution in [3.05, 3.63) is 23.3 Å². The van der Waals surface area contributed by atoms with Gasteiger partial charge in [0.15, 0.2) is 0 Å². The van der Waals surface area contributed by atoms with E-state index in [2.05, 4.69) is 30.9 Å². The van der Waals surface area contributed by atoms with Crippen LogP contribution in [0.1, 0.15) is 46.0 Å². The molecule has 16 heavy (non-hydrogen) atoms. The minimum atomic E-state index is -0.500. The normalized spacial score (nSPS) is 19.9. The van der Waals surface area contributed by atoms with E-state index in [4.69, 9.17) is 5.26 Å². The van der Waals surface area contributed by atoms with Crippen molar-refractivity contribution < 1.29 is 14.9 Å². The molecule has 1 N–H and O–H groups in total. The second kappa shape index (κ2) is 6.48. The van der Waals surface area contributed by atoms with Gasteiger partial charge >= 0.3 is 5.97 Å². The average Bonchev–Trinajstić information content (AvgIpc) is 2.28. The molecule has 90 valence electrons. The van der Waals surface area contributed by atoms with Gasteiger partial charge in [0.05, 0.1) is 5.92 Å². The first-order valence-electron chi connectivity index (χ1n) is 5.80. The van der Waals surface area contributed by atoms with E-state index in [0.29, 0.717) is 6.42 Å². The Kier molecular flexibility index (Phi) is 5.26. The topological polar surface area (TPSA) is 46.5 Å². The minimum absolute atomic E-state index is 0.155. The highest BCUT2D eigenvalue weighted by molar-refractivity contribution is 5.72. The molecule has 3 nitrogen and oxygen atoms in total. The fraction of sp³-hybridized carbons (Fsp3) is 0.615. The second-order valence-electron chi connectivity index (χ2n) is 4.56. The molecule has 0 saturated carbocycles. The van der Waals surface area contributed by atoms with Gasteiger partial charge in [-0.25, -0.2) is 4.79 Å². The zero-order valence-electron chi connectivity index (χ0n) is 10.0. The maximum absolute atomic E-state index is 11.1. The van der Waals surface area contributed by atoms with Crippen LogP contribution in [0.4, 0.5) is 0 Å². The summed E-state index contributed by atoms with van der Waals surface area (Å²) in [5.41, 5.74) is 2.76. The van der Waals surface area contributed by atoms with Crippen molar-refractivity contribution in [1.82, 2.24) is 0 Å². The summed E-state index contributed by atoms with van der Waals surface area (Å²) in [6, 6.07) is 0. The van der Waals surface area contributed by atoms with Crippen LogP contribution in [0.2, 0.25) is 0 Å². The van der Waals surface area contributed by atoms with Crippen molar-refractivity contribution in [2.45, 2.75) is 46.0 Å². The van der Waals surface area contributed by atoms with Crippen LogP contribution in [-0.4, -0.2) is 11.2 Å². The zero-order valence-corrected chi connectivity index (χ0v) is 10.0. The molecule has 1 aliphatic carbocycles. The summed E-state index contributed by atoms with van der Waals surface area (Å²) >= 11 is 0. The maximum Gasteiger partial charge on any atom is 0.345 e. The molecule has 0 fully saturated rings. The van der Waals surface area contributed by atoms with Crippen LogP contribution in [0, 0.1) is 5.92 Å². The molecule has 1 atom stereocenters. The van der Waals surface area contributed by atoms with Crippen LogP contribution in [-0.2, 0) is 9.68 Å². The molecule has 0 aliphatic heterocycles. The molecule has 0 bridgehead atoms. The van der Waals surface area contributed by atoms with Gasteiger partial charge in [0.2, 0.25) is 0 Å². The highest BCUT2D eigenvalue weighted by Gasteiger charge is 2.22. The molecule has 0 radical (unpaired) electrons. The van der Waals surface area contributed by atoms with Gasteiger partial charge in [0.25, 0.3) is 0 Å². The van der Waals surface area contributed by atoms with Gasteiger partial charge in [0, 0.05) is 0 Å². The molecule has 0 spiro atoms. The van der Waals surface area contributed by atoms with Crippen molar-refractivity contribution in [2.75, 3.05) is 0 Å². The lowest BCUT2D eigenvalue weighted by atomic mass is 9.88. The summed E-state index contributed by atoms with van der Waals surface area (Å²) in [6.07, 6.45) is 8.92. The number of hydrogen-bond donors (Lipinski definition) is 1. The number of hydrogen-bond acceptors (Lipinski definition) is 3. The van der Waals surface area contributed by atoms with Gasteiger partial charge in [0.1, 0.15) is 0 Å². The molecular weight excluding hydrogens is 204 g/mol. The van der Waals surface area contributed by atoms with Gasteiger partial charge in [-0.1, -0.05) is 23.3 Å². The lowest BCUT2D eigenvalue weighted by molar-refractivity contribution is -0.239. The standard InChI is InChI=1S/C13H20O3/c1-10(2)4-3-5-11-6-8-12(9-7-11)13(14)16-15/h4,6,12,15H,3,5,7-9H2,1-2H3. The predicted molar refractivity (Wildman–Crippen MR) is 62.8 cm³/mol. The van der Waals surface area contributed by atoms with Crippen molar-refractivity contribution in [3.63, 3.8) is 0 Å². The number of carbonyl (C=O) groups excluding carboxylic acids is 1. The maximum atomic E-state index is 11.1. The molecule has 0 aromatic heterocycles. The third-order valence-corrected chi connectivity index (χ3v) is 2.95. The Bertz CT molecular complexity index is 298. The van der Waals surface area contributed by atoms with Crippen LogP contribution in [0.3, 0.4) is 0 Å². The van der Waals surface area contributed by atoms with E-state index >= 15 is 0 Å². The Balaban J connectivity index is 2.35. The van der Waals surface area contributed by atoms with E-state index in [9.17, 15) is 4.79 Å². The third kappa shape index (κ3) is 4.19. The summed E-state index contributed by atoms with van der Waals surface area (Å²) < 4.78 is 0. The highest BCUT2D eigenvalue weighted by Crippen LogP contribution is 2.27. The molecule has 1 aliphatic rings. The van der Waals surface area contributed by atoms with Crippen LogP contribution in [0.5, 0.6) is 0 Å². The summed E-state index contributed by atoms with van der Waals surface area (Å²) in [4.78, 5) is 14.8. The summed E-state index contributed by atoms with van der Waals surface area (Å²) in [6.45, 7) is 4.20. The second-order valence-corrected chi connectivity index (χ2v) is 4.56. The Morgan fingerprint density at radius 1 is 1.62 bits per heavy atom. The fourth-order valence-electron chi connectivity index (χ4n) is 1.95. The van der Waals surface area contributed by atoms with E-state index < -0.39 is 5.97 Å². The number of rotatable bonds is 4. The molecule has 1 rings (SSSR count). The smallest absolute Gasteiger partial charge is 0.301 e. The SMILES string of the molecule is CC(C)=CCCC1=CCC(C(=O)OO)CC1. The van der Waals surface area contributed by atoms with E-state index in [1.807, 2.05) is 0 Å². The highest BCUT2D eigenvalue weighted by atomic mass is 17.1. The summed E-state index contributed by atoms with van der Waals surface area (Å²) in [5, 5.41) is 8.28. The Hall–Kier alpha value is -1.09. The van der Waals surface area contributed by atoms with Gasteiger partial charge in [-0.05, 0) is 46.0 Å². The summed E-state index contributed by atoms with van der Waals surface area (Å²) in [5.74, 6) is -0.656. The first-order valence-corrected chi connectivity index (χ1v) is 5.80. The quantitative estimate of drug-likeness (QED) is 0.452. The lowest BCUT2D eigenvalue weighted by Gasteiger charge is -2.18. The summed E-state index contributed by atoms with van der Waals surface area (Å²) in [7, 11) is 0. The van der Waals surface area contributed by atoms with E-state index in [0.717, 1.165) is 25.7 Å². The van der Waals surface area contributed by atoms with Crippen molar-refractivity contribution >= 4 is 5.97 Å². The Morgan fingerprint density at radius 2 is 2.38 bits per heavy atom. The first-order chi connectivity index (χ1) is 7.63. The number of carbonyl (C=O) groups is 1.